The second-order valence-electron chi connectivity index (χ2n) is 9.50. The Bertz CT molecular complexity index is 1130. The molecule has 5 rings (SSSR count). The molecule has 3 aromatic rings. The lowest BCUT2D eigenvalue weighted by Gasteiger charge is -2.41. The van der Waals surface area contributed by atoms with Crippen molar-refractivity contribution in [2.24, 2.45) is 0 Å². The minimum Gasteiger partial charge on any atom is -0.491 e. The monoisotopic (exact) mass is 520 g/mol. The van der Waals surface area contributed by atoms with Gasteiger partial charge in [0.05, 0.1) is 19.2 Å². The third kappa shape index (κ3) is 6.90. The van der Waals surface area contributed by atoms with E-state index in [1.165, 1.54) is 5.56 Å². The number of rotatable bonds is 9. The number of hydrogen-bond donors (Lipinski definition) is 0. The van der Waals surface area contributed by atoms with Crippen LogP contribution in [0.1, 0.15) is 36.4 Å². The van der Waals surface area contributed by atoms with E-state index in [9.17, 15) is 4.79 Å². The van der Waals surface area contributed by atoms with E-state index in [0.717, 1.165) is 56.0 Å². The molecule has 2 saturated heterocycles. The number of benzene rings is 3. The molecule has 2 atom stereocenters. The van der Waals surface area contributed by atoms with Gasteiger partial charge >= 0.3 is 0 Å². The molecule has 0 aliphatic carbocycles. The molecule has 0 radical (unpaired) electrons. The summed E-state index contributed by atoms with van der Waals surface area (Å²) in [6.07, 6.45) is 3.07. The maximum Gasteiger partial charge on any atom is 0.241 e. The van der Waals surface area contributed by atoms with Crippen LogP contribution in [0.3, 0.4) is 0 Å². The zero-order chi connectivity index (χ0) is 25.5. The van der Waals surface area contributed by atoms with Gasteiger partial charge < -0.3 is 19.1 Å². The Morgan fingerprint density at radius 2 is 1.70 bits per heavy atom. The summed E-state index contributed by atoms with van der Waals surface area (Å²) < 4.78 is 17.2. The van der Waals surface area contributed by atoms with Crippen molar-refractivity contribution in [3.05, 3.63) is 95.0 Å². The van der Waals surface area contributed by atoms with E-state index in [0.29, 0.717) is 24.8 Å². The summed E-state index contributed by atoms with van der Waals surface area (Å²) in [7, 11) is 0. The number of piperazine rings is 1. The predicted octanol–water partition coefficient (Wildman–Crippen LogP) is 5.85. The Hall–Kier alpha value is -2.90. The highest BCUT2D eigenvalue weighted by Gasteiger charge is 2.34. The van der Waals surface area contributed by atoms with Gasteiger partial charge in [0.15, 0.2) is 6.29 Å². The van der Waals surface area contributed by atoms with Gasteiger partial charge in [0.2, 0.25) is 5.91 Å². The number of amides is 1. The molecule has 0 bridgehead atoms. The number of carbonyl (C=O) groups excluding carboxylic acids is 1. The largest absolute Gasteiger partial charge is 0.491 e. The first-order valence-electron chi connectivity index (χ1n) is 13.0. The summed E-state index contributed by atoms with van der Waals surface area (Å²) in [6.45, 7) is 3.50. The fraction of sp³-hybridized carbons (Fsp3) is 0.367. The third-order valence-electron chi connectivity index (χ3n) is 6.78. The van der Waals surface area contributed by atoms with E-state index in [1.54, 1.807) is 0 Å². The average molecular weight is 521 g/mol. The normalized spacial score (nSPS) is 20.7. The third-order valence-corrected chi connectivity index (χ3v) is 7.03. The van der Waals surface area contributed by atoms with Gasteiger partial charge in [-0.25, -0.2) is 0 Å². The van der Waals surface area contributed by atoms with E-state index in [2.05, 4.69) is 17.0 Å². The molecule has 2 fully saturated rings. The molecular weight excluding hydrogens is 488 g/mol. The van der Waals surface area contributed by atoms with Crippen molar-refractivity contribution in [2.45, 2.75) is 38.1 Å². The van der Waals surface area contributed by atoms with Gasteiger partial charge in [-0.05, 0) is 66.8 Å². The zero-order valence-corrected chi connectivity index (χ0v) is 21.7. The van der Waals surface area contributed by atoms with Crippen molar-refractivity contribution in [3.63, 3.8) is 0 Å². The molecule has 2 aliphatic heterocycles. The summed E-state index contributed by atoms with van der Waals surface area (Å²) in [5.41, 5.74) is 3.10. The SMILES string of the molecule is O=C1CN(Cc2ccccc2)C[C@@H](c2ccc(Cl)cc2)N1c1ccc(OCCOC2CCCCO2)cc1. The first kappa shape index (κ1) is 25.7. The Kier molecular flexibility index (Phi) is 8.74. The highest BCUT2D eigenvalue weighted by molar-refractivity contribution is 6.30. The molecule has 1 amide bonds. The summed E-state index contributed by atoms with van der Waals surface area (Å²) in [5.74, 6) is 0.812. The molecule has 194 valence electrons. The maximum absolute atomic E-state index is 13.5. The van der Waals surface area contributed by atoms with E-state index in [4.69, 9.17) is 25.8 Å². The second kappa shape index (κ2) is 12.6. The number of hydrogen-bond acceptors (Lipinski definition) is 5. The zero-order valence-electron chi connectivity index (χ0n) is 20.9. The van der Waals surface area contributed by atoms with Gasteiger partial charge in [-0.1, -0.05) is 54.1 Å². The topological polar surface area (TPSA) is 51.2 Å². The van der Waals surface area contributed by atoms with Crippen molar-refractivity contribution in [2.75, 3.05) is 37.8 Å². The second-order valence-corrected chi connectivity index (χ2v) is 9.93. The predicted molar refractivity (Wildman–Crippen MR) is 145 cm³/mol. The molecule has 0 aromatic heterocycles. The number of nitrogens with zero attached hydrogens (tertiary/aromatic N) is 2. The molecule has 2 aliphatic rings. The Morgan fingerprint density at radius 3 is 2.43 bits per heavy atom. The van der Waals surface area contributed by atoms with Crippen LogP contribution in [0.2, 0.25) is 5.02 Å². The smallest absolute Gasteiger partial charge is 0.241 e. The lowest BCUT2D eigenvalue weighted by Crippen LogP contribution is -2.52. The van der Waals surface area contributed by atoms with E-state index >= 15 is 0 Å². The first-order chi connectivity index (χ1) is 18.2. The lowest BCUT2D eigenvalue weighted by atomic mass is 10.0. The fourth-order valence-electron chi connectivity index (χ4n) is 4.94. The van der Waals surface area contributed by atoms with Crippen molar-refractivity contribution in [3.8, 4) is 5.75 Å². The molecule has 2 heterocycles. The summed E-state index contributed by atoms with van der Waals surface area (Å²) in [6, 6.07) is 25.6. The first-order valence-corrected chi connectivity index (χ1v) is 13.3. The minimum absolute atomic E-state index is 0.0664. The van der Waals surface area contributed by atoms with Gasteiger partial charge in [0, 0.05) is 30.4 Å². The molecule has 7 heteroatoms. The molecule has 0 saturated carbocycles. The Balaban J connectivity index is 1.26. The highest BCUT2D eigenvalue weighted by atomic mass is 35.5. The molecule has 1 unspecified atom stereocenters. The van der Waals surface area contributed by atoms with Gasteiger partial charge in [0.1, 0.15) is 12.4 Å². The number of anilines is 1. The summed E-state index contributed by atoms with van der Waals surface area (Å²) in [4.78, 5) is 17.6. The van der Waals surface area contributed by atoms with Gasteiger partial charge in [-0.2, -0.15) is 0 Å². The van der Waals surface area contributed by atoms with Gasteiger partial charge in [-0.3, -0.25) is 9.69 Å². The Labute approximate surface area is 223 Å². The van der Waals surface area contributed by atoms with Gasteiger partial charge in [-0.15, -0.1) is 0 Å². The summed E-state index contributed by atoms with van der Waals surface area (Å²) >= 11 is 6.16. The number of carbonyl (C=O) groups is 1. The van der Waals surface area contributed by atoms with Crippen LogP contribution in [0.5, 0.6) is 5.75 Å². The quantitative estimate of drug-likeness (QED) is 0.331. The van der Waals surface area contributed by atoms with Crippen LogP contribution in [-0.4, -0.2) is 50.0 Å². The highest BCUT2D eigenvalue weighted by Crippen LogP contribution is 2.33. The van der Waals surface area contributed by atoms with Crippen LogP contribution in [0.4, 0.5) is 5.69 Å². The molecule has 6 nitrogen and oxygen atoms in total. The molecule has 37 heavy (non-hydrogen) atoms. The molecule has 0 N–H and O–H groups in total. The minimum atomic E-state index is -0.127. The van der Waals surface area contributed by atoms with Crippen LogP contribution in [0.15, 0.2) is 78.9 Å². The van der Waals surface area contributed by atoms with Crippen molar-refractivity contribution < 1.29 is 19.0 Å². The van der Waals surface area contributed by atoms with E-state index in [-0.39, 0.29) is 18.2 Å². The van der Waals surface area contributed by atoms with Crippen molar-refractivity contribution in [1.29, 1.82) is 0 Å². The standard InChI is InChI=1S/C30H33ClN2O4/c31-25-11-9-24(10-12-25)28-21-32(20-23-6-2-1-3-7-23)22-29(34)33(28)26-13-15-27(16-14-26)35-18-19-37-30-8-4-5-17-36-30/h1-3,6-7,9-16,28,30H,4-5,8,17-22H2/t28-,30?/m0/s1. The molecule has 0 spiro atoms. The van der Waals surface area contributed by atoms with Crippen molar-refractivity contribution >= 4 is 23.2 Å². The van der Waals surface area contributed by atoms with Crippen molar-refractivity contribution in [1.82, 2.24) is 4.90 Å². The van der Waals surface area contributed by atoms with Crippen LogP contribution in [0, 0.1) is 0 Å². The molecular formula is C30H33ClN2O4. The summed E-state index contributed by atoms with van der Waals surface area (Å²) in [5, 5.41) is 0.680. The van der Waals surface area contributed by atoms with Crippen LogP contribution in [-0.2, 0) is 20.8 Å². The average Bonchev–Trinajstić information content (AvgIpc) is 2.93. The molecule has 3 aromatic carbocycles. The van der Waals surface area contributed by atoms with E-state index < -0.39 is 0 Å². The van der Waals surface area contributed by atoms with Crippen LogP contribution in [0.25, 0.3) is 0 Å². The van der Waals surface area contributed by atoms with Gasteiger partial charge in [0.25, 0.3) is 0 Å². The van der Waals surface area contributed by atoms with E-state index in [1.807, 2.05) is 71.6 Å². The van der Waals surface area contributed by atoms with Crippen LogP contribution >= 0.6 is 11.6 Å². The lowest BCUT2D eigenvalue weighted by molar-refractivity contribution is -0.165. The number of ether oxygens (including phenoxy) is 3. The maximum atomic E-state index is 13.5. The Morgan fingerprint density at radius 1 is 0.919 bits per heavy atom. The van der Waals surface area contributed by atoms with Crippen LogP contribution < -0.4 is 9.64 Å². The number of halogens is 1. The fourth-order valence-corrected chi connectivity index (χ4v) is 5.07.